The molecule has 27 heavy (non-hydrogen) atoms. The normalized spacial score (nSPS) is 11.1. The van der Waals surface area contributed by atoms with Crippen LogP contribution in [-0.4, -0.2) is 4.57 Å². The van der Waals surface area contributed by atoms with E-state index in [1.54, 1.807) is 0 Å². The first kappa shape index (κ1) is 16.9. The van der Waals surface area contributed by atoms with Gasteiger partial charge in [-0.2, -0.15) is 5.26 Å². The highest BCUT2D eigenvalue weighted by atomic mass is 14.9. The molecule has 0 aliphatic rings. The van der Waals surface area contributed by atoms with E-state index in [0.29, 0.717) is 0 Å². The van der Waals surface area contributed by atoms with Crippen molar-refractivity contribution in [1.82, 2.24) is 4.57 Å². The Morgan fingerprint density at radius 3 is 1.70 bits per heavy atom. The summed E-state index contributed by atoms with van der Waals surface area (Å²) >= 11 is 0. The molecule has 0 bridgehead atoms. The molecule has 4 aromatic rings. The Labute approximate surface area is 160 Å². The van der Waals surface area contributed by atoms with Crippen molar-refractivity contribution in [2.75, 3.05) is 0 Å². The Bertz CT molecular complexity index is 1000. The summed E-state index contributed by atoms with van der Waals surface area (Å²) in [6.07, 6.45) is 4.15. The maximum atomic E-state index is 10.4. The third-order valence-electron chi connectivity index (χ3n) is 4.97. The van der Waals surface area contributed by atoms with Crippen molar-refractivity contribution in [2.45, 2.75) is 12.0 Å². The molecule has 0 N–H and O–H groups in total. The van der Waals surface area contributed by atoms with E-state index in [1.807, 2.05) is 78.9 Å². The van der Waals surface area contributed by atoms with Crippen molar-refractivity contribution in [3.05, 3.63) is 132 Å². The lowest BCUT2D eigenvalue weighted by Gasteiger charge is -2.27. The van der Waals surface area contributed by atoms with Gasteiger partial charge in [-0.1, -0.05) is 91.0 Å². The van der Waals surface area contributed by atoms with Gasteiger partial charge in [-0.05, 0) is 28.3 Å². The Morgan fingerprint density at radius 2 is 1.19 bits per heavy atom. The monoisotopic (exact) mass is 348 g/mol. The second-order valence-electron chi connectivity index (χ2n) is 6.65. The minimum Gasteiger partial charge on any atom is -0.350 e. The molecule has 0 amide bonds. The largest absolute Gasteiger partial charge is 0.350 e. The summed E-state index contributed by atoms with van der Waals surface area (Å²) in [5, 5.41) is 10.4. The predicted molar refractivity (Wildman–Crippen MR) is 108 cm³/mol. The zero-order valence-electron chi connectivity index (χ0n) is 15.0. The highest BCUT2D eigenvalue weighted by molar-refractivity contribution is 5.56. The number of aromatic nitrogens is 1. The van der Waals surface area contributed by atoms with E-state index in [0.717, 1.165) is 23.2 Å². The number of benzene rings is 3. The van der Waals surface area contributed by atoms with Crippen LogP contribution >= 0.6 is 0 Å². The van der Waals surface area contributed by atoms with Gasteiger partial charge in [0.1, 0.15) is 5.41 Å². The highest BCUT2D eigenvalue weighted by Gasteiger charge is 2.37. The zero-order chi connectivity index (χ0) is 18.5. The maximum absolute atomic E-state index is 10.4. The van der Waals surface area contributed by atoms with Crippen LogP contribution in [0.15, 0.2) is 109 Å². The van der Waals surface area contributed by atoms with Gasteiger partial charge in [0, 0.05) is 18.9 Å². The van der Waals surface area contributed by atoms with E-state index in [1.165, 1.54) is 5.56 Å². The molecule has 0 atom stereocenters. The van der Waals surface area contributed by atoms with Gasteiger partial charge >= 0.3 is 0 Å². The van der Waals surface area contributed by atoms with Crippen LogP contribution in [-0.2, 0) is 12.0 Å². The number of hydrogen-bond donors (Lipinski definition) is 0. The first-order chi connectivity index (χ1) is 13.3. The minimum absolute atomic E-state index is 0.784. The van der Waals surface area contributed by atoms with Crippen molar-refractivity contribution < 1.29 is 0 Å². The van der Waals surface area contributed by atoms with Gasteiger partial charge in [0.15, 0.2) is 0 Å². The molecule has 3 aromatic carbocycles. The molecule has 0 aliphatic carbocycles. The predicted octanol–water partition coefficient (Wildman–Crippen LogP) is 5.39. The Hall–Kier alpha value is -3.57. The summed E-state index contributed by atoms with van der Waals surface area (Å²) in [4.78, 5) is 0. The molecule has 4 rings (SSSR count). The SMILES string of the molecule is N#CC(c1ccccc1)(c1ccccc1)c1ccn(Cc2ccccc2)c1. The quantitative estimate of drug-likeness (QED) is 0.475. The summed E-state index contributed by atoms with van der Waals surface area (Å²) in [6, 6.07) is 35.1. The number of hydrogen-bond acceptors (Lipinski definition) is 1. The highest BCUT2D eigenvalue weighted by Crippen LogP contribution is 2.38. The summed E-state index contributed by atoms with van der Waals surface area (Å²) in [6.45, 7) is 0.784. The lowest BCUT2D eigenvalue weighted by Crippen LogP contribution is -2.27. The van der Waals surface area contributed by atoms with Crippen LogP contribution in [0.5, 0.6) is 0 Å². The average molecular weight is 348 g/mol. The average Bonchev–Trinajstić information content (AvgIpc) is 3.20. The van der Waals surface area contributed by atoms with Crippen LogP contribution in [0.3, 0.4) is 0 Å². The molecule has 0 unspecified atom stereocenters. The molecule has 0 saturated carbocycles. The zero-order valence-corrected chi connectivity index (χ0v) is 15.0. The van der Waals surface area contributed by atoms with Crippen LogP contribution in [0.2, 0.25) is 0 Å². The number of nitrogens with zero attached hydrogens (tertiary/aromatic N) is 2. The Balaban J connectivity index is 1.82. The van der Waals surface area contributed by atoms with Crippen molar-refractivity contribution in [3.8, 4) is 6.07 Å². The van der Waals surface area contributed by atoms with Crippen LogP contribution in [0, 0.1) is 11.3 Å². The third-order valence-corrected chi connectivity index (χ3v) is 4.97. The molecule has 0 aliphatic heterocycles. The summed E-state index contributed by atoms with van der Waals surface area (Å²) in [5.41, 5.74) is 3.36. The second-order valence-corrected chi connectivity index (χ2v) is 6.65. The van der Waals surface area contributed by atoms with Crippen LogP contribution in [0.25, 0.3) is 0 Å². The third kappa shape index (κ3) is 3.16. The fraction of sp³-hybridized carbons (Fsp3) is 0.0800. The van der Waals surface area contributed by atoms with E-state index < -0.39 is 5.41 Å². The fourth-order valence-electron chi connectivity index (χ4n) is 3.63. The summed E-state index contributed by atoms with van der Waals surface area (Å²) < 4.78 is 2.14. The van der Waals surface area contributed by atoms with Crippen molar-refractivity contribution in [2.24, 2.45) is 0 Å². The van der Waals surface area contributed by atoms with Gasteiger partial charge in [-0.15, -0.1) is 0 Å². The van der Waals surface area contributed by atoms with Crippen LogP contribution < -0.4 is 0 Å². The molecule has 0 radical (unpaired) electrons. The molecule has 1 aromatic heterocycles. The van der Waals surface area contributed by atoms with Gasteiger partial charge in [0.2, 0.25) is 0 Å². The lowest BCUT2D eigenvalue weighted by atomic mass is 9.71. The van der Waals surface area contributed by atoms with E-state index in [9.17, 15) is 5.26 Å². The van der Waals surface area contributed by atoms with Crippen molar-refractivity contribution >= 4 is 0 Å². The minimum atomic E-state index is -0.829. The molecule has 2 heteroatoms. The van der Waals surface area contributed by atoms with Crippen LogP contribution in [0.4, 0.5) is 0 Å². The van der Waals surface area contributed by atoms with E-state index in [4.69, 9.17) is 0 Å². The second kappa shape index (κ2) is 7.35. The number of rotatable bonds is 5. The molecule has 0 saturated heterocycles. The fourth-order valence-corrected chi connectivity index (χ4v) is 3.63. The summed E-state index contributed by atoms with van der Waals surface area (Å²) in [5.74, 6) is 0. The topological polar surface area (TPSA) is 28.7 Å². The van der Waals surface area contributed by atoms with E-state index in [-0.39, 0.29) is 0 Å². The van der Waals surface area contributed by atoms with Gasteiger partial charge in [-0.25, -0.2) is 0 Å². The molecule has 2 nitrogen and oxygen atoms in total. The molecule has 1 heterocycles. The van der Waals surface area contributed by atoms with E-state index in [2.05, 4.69) is 41.2 Å². The molecular formula is C25H20N2. The van der Waals surface area contributed by atoms with E-state index >= 15 is 0 Å². The standard InChI is InChI=1S/C25H20N2/c26-20-25(22-12-6-2-7-13-22,23-14-8-3-9-15-23)24-16-17-27(19-24)18-21-10-4-1-5-11-21/h1-17,19H,18H2. The maximum Gasteiger partial charge on any atom is 0.134 e. The Morgan fingerprint density at radius 1 is 0.667 bits per heavy atom. The molecule has 0 fully saturated rings. The molecule has 0 spiro atoms. The van der Waals surface area contributed by atoms with Gasteiger partial charge in [0.05, 0.1) is 6.07 Å². The Kier molecular flexibility index (Phi) is 4.60. The van der Waals surface area contributed by atoms with Crippen LogP contribution in [0.1, 0.15) is 22.3 Å². The first-order valence-electron chi connectivity index (χ1n) is 9.05. The van der Waals surface area contributed by atoms with Gasteiger partial charge < -0.3 is 4.57 Å². The van der Waals surface area contributed by atoms with Crippen molar-refractivity contribution in [3.63, 3.8) is 0 Å². The summed E-state index contributed by atoms with van der Waals surface area (Å²) in [7, 11) is 0. The number of nitriles is 1. The van der Waals surface area contributed by atoms with Gasteiger partial charge in [-0.3, -0.25) is 0 Å². The first-order valence-corrected chi connectivity index (χ1v) is 9.05. The van der Waals surface area contributed by atoms with Crippen molar-refractivity contribution in [1.29, 1.82) is 5.26 Å². The smallest absolute Gasteiger partial charge is 0.134 e. The lowest BCUT2D eigenvalue weighted by molar-refractivity contribution is 0.766. The molecule has 130 valence electrons. The van der Waals surface area contributed by atoms with Gasteiger partial charge in [0.25, 0.3) is 0 Å². The molecular weight excluding hydrogens is 328 g/mol.